The number of benzene rings is 2. The lowest BCUT2D eigenvalue weighted by atomic mass is 10.2. The average molecular weight is 389 g/mol. The number of methoxy groups -OCH3 is 1. The van der Waals surface area contributed by atoms with Gasteiger partial charge in [0.1, 0.15) is 11.5 Å². The van der Waals surface area contributed by atoms with E-state index >= 15 is 0 Å². The molecule has 0 atom stereocenters. The zero-order valence-electron chi connectivity index (χ0n) is 15.0. The fraction of sp³-hybridized carbons (Fsp3) is 0.300. The maximum Gasteiger partial charge on any atom is 0.227 e. The van der Waals surface area contributed by atoms with Crippen molar-refractivity contribution in [1.29, 1.82) is 0 Å². The van der Waals surface area contributed by atoms with Crippen LogP contribution in [0.5, 0.6) is 11.5 Å². The Morgan fingerprint density at radius 2 is 2.11 bits per heavy atom. The summed E-state index contributed by atoms with van der Waals surface area (Å²) in [7, 11) is 1.55. The summed E-state index contributed by atoms with van der Waals surface area (Å²) in [5.74, 6) is 1.09. The van der Waals surface area contributed by atoms with Crippen molar-refractivity contribution in [1.82, 2.24) is 0 Å². The molecule has 1 heterocycles. The average Bonchev–Trinajstić information content (AvgIpc) is 3.07. The van der Waals surface area contributed by atoms with Crippen LogP contribution in [0.15, 0.2) is 42.5 Å². The smallest absolute Gasteiger partial charge is 0.227 e. The number of anilines is 2. The van der Waals surface area contributed by atoms with Gasteiger partial charge in [0.25, 0.3) is 0 Å². The minimum atomic E-state index is -0.177. The van der Waals surface area contributed by atoms with Crippen molar-refractivity contribution < 1.29 is 19.1 Å². The van der Waals surface area contributed by atoms with Gasteiger partial charge in [0.2, 0.25) is 11.8 Å². The predicted octanol–water partition coefficient (Wildman–Crippen LogP) is 3.88. The summed E-state index contributed by atoms with van der Waals surface area (Å²) in [5.41, 5.74) is 1.33. The van der Waals surface area contributed by atoms with Gasteiger partial charge in [-0.05, 0) is 36.8 Å². The second-order valence-corrected chi connectivity index (χ2v) is 6.58. The monoisotopic (exact) mass is 388 g/mol. The Labute approximate surface area is 163 Å². The van der Waals surface area contributed by atoms with E-state index in [1.807, 2.05) is 0 Å². The van der Waals surface area contributed by atoms with Gasteiger partial charge >= 0.3 is 0 Å². The molecule has 1 aliphatic heterocycles. The zero-order chi connectivity index (χ0) is 19.2. The molecule has 0 aromatic heterocycles. The van der Waals surface area contributed by atoms with Crippen molar-refractivity contribution >= 4 is 34.8 Å². The number of carbonyl (C=O) groups excluding carboxylic acids is 2. The van der Waals surface area contributed by atoms with Crippen LogP contribution in [0.4, 0.5) is 11.4 Å². The van der Waals surface area contributed by atoms with E-state index in [9.17, 15) is 9.59 Å². The predicted molar refractivity (Wildman–Crippen MR) is 105 cm³/mol. The highest BCUT2D eigenvalue weighted by atomic mass is 35.5. The van der Waals surface area contributed by atoms with Gasteiger partial charge in [-0.3, -0.25) is 9.59 Å². The van der Waals surface area contributed by atoms with E-state index in [0.717, 1.165) is 12.1 Å². The summed E-state index contributed by atoms with van der Waals surface area (Å²) in [6.45, 7) is 0.922. The van der Waals surface area contributed by atoms with Gasteiger partial charge in [-0.2, -0.15) is 0 Å². The van der Waals surface area contributed by atoms with E-state index in [-0.39, 0.29) is 24.8 Å². The lowest BCUT2D eigenvalue weighted by molar-refractivity contribution is -0.117. The van der Waals surface area contributed by atoms with Gasteiger partial charge < -0.3 is 19.7 Å². The van der Waals surface area contributed by atoms with Crippen molar-refractivity contribution in [2.24, 2.45) is 0 Å². The van der Waals surface area contributed by atoms with Crippen LogP contribution in [-0.4, -0.2) is 32.1 Å². The van der Waals surface area contributed by atoms with Crippen LogP contribution >= 0.6 is 11.6 Å². The van der Waals surface area contributed by atoms with Crippen molar-refractivity contribution in [3.8, 4) is 11.5 Å². The first kappa shape index (κ1) is 19.0. The molecule has 2 aromatic carbocycles. The molecule has 0 unspecified atom stereocenters. The lowest BCUT2D eigenvalue weighted by Crippen LogP contribution is -2.24. The van der Waals surface area contributed by atoms with E-state index in [1.165, 1.54) is 0 Å². The molecule has 6 nitrogen and oxygen atoms in total. The minimum Gasteiger partial charge on any atom is -0.494 e. The quantitative estimate of drug-likeness (QED) is 0.781. The Kier molecular flexibility index (Phi) is 6.19. The molecule has 0 spiro atoms. The third-order valence-corrected chi connectivity index (χ3v) is 4.46. The molecule has 1 aliphatic rings. The van der Waals surface area contributed by atoms with E-state index in [2.05, 4.69) is 5.32 Å². The number of carbonyl (C=O) groups is 2. The minimum absolute atomic E-state index is 0.0863. The molecule has 7 heteroatoms. The highest BCUT2D eigenvalue weighted by Gasteiger charge is 2.24. The fourth-order valence-electron chi connectivity index (χ4n) is 2.92. The molecule has 27 heavy (non-hydrogen) atoms. The number of halogens is 1. The highest BCUT2D eigenvalue weighted by Crippen LogP contribution is 2.33. The van der Waals surface area contributed by atoms with Crippen LogP contribution in [0, 0.1) is 0 Å². The molecular formula is C20H21ClN2O4. The van der Waals surface area contributed by atoms with Gasteiger partial charge in [0.15, 0.2) is 0 Å². The normalized spacial score (nSPS) is 13.6. The summed E-state index contributed by atoms with van der Waals surface area (Å²) in [5, 5.41) is 3.40. The Bertz CT molecular complexity index is 840. The Morgan fingerprint density at radius 3 is 2.81 bits per heavy atom. The molecule has 2 amide bonds. The van der Waals surface area contributed by atoms with Gasteiger partial charge in [0, 0.05) is 29.7 Å². The summed E-state index contributed by atoms with van der Waals surface area (Å²) in [6.07, 6.45) is 1.59. The SMILES string of the molecule is COc1cc(NC(=O)CCOc2cccc(Cl)c2)ccc1N1CCCC1=O. The third kappa shape index (κ3) is 4.92. The summed E-state index contributed by atoms with van der Waals surface area (Å²) in [4.78, 5) is 25.8. The molecule has 0 bridgehead atoms. The summed E-state index contributed by atoms with van der Waals surface area (Å²) < 4.78 is 10.9. The number of amides is 2. The molecule has 1 saturated heterocycles. The van der Waals surface area contributed by atoms with Crippen LogP contribution in [0.3, 0.4) is 0 Å². The maximum absolute atomic E-state index is 12.1. The molecule has 2 aromatic rings. The number of rotatable bonds is 7. The van der Waals surface area contributed by atoms with Gasteiger partial charge in [-0.1, -0.05) is 17.7 Å². The topological polar surface area (TPSA) is 67.9 Å². The van der Waals surface area contributed by atoms with E-state index in [4.69, 9.17) is 21.1 Å². The standard InChI is InChI=1S/C20H21ClN2O4/c1-26-18-13-15(7-8-17(18)23-10-3-6-20(23)25)22-19(24)9-11-27-16-5-2-4-14(21)12-16/h2,4-5,7-8,12-13H,3,6,9-11H2,1H3,(H,22,24). The summed E-state index contributed by atoms with van der Waals surface area (Å²) in [6, 6.07) is 12.3. The van der Waals surface area contributed by atoms with Gasteiger partial charge in [0.05, 0.1) is 25.8 Å². The molecule has 142 valence electrons. The van der Waals surface area contributed by atoms with Crippen LogP contribution in [0.1, 0.15) is 19.3 Å². The molecule has 1 fully saturated rings. The van der Waals surface area contributed by atoms with Crippen molar-refractivity contribution in [3.05, 3.63) is 47.5 Å². The number of nitrogens with one attached hydrogen (secondary N) is 1. The van der Waals surface area contributed by atoms with Crippen LogP contribution in [0.2, 0.25) is 5.02 Å². The highest BCUT2D eigenvalue weighted by molar-refractivity contribution is 6.30. The molecular weight excluding hydrogens is 368 g/mol. The first-order valence-corrected chi connectivity index (χ1v) is 9.11. The van der Waals surface area contributed by atoms with Crippen LogP contribution in [-0.2, 0) is 9.59 Å². The number of hydrogen-bond acceptors (Lipinski definition) is 4. The number of nitrogens with zero attached hydrogens (tertiary/aromatic N) is 1. The van der Waals surface area contributed by atoms with E-state index in [0.29, 0.717) is 35.2 Å². The molecule has 0 radical (unpaired) electrons. The Hall–Kier alpha value is -2.73. The molecule has 0 aliphatic carbocycles. The van der Waals surface area contributed by atoms with Crippen molar-refractivity contribution in [3.63, 3.8) is 0 Å². The molecule has 3 rings (SSSR count). The van der Waals surface area contributed by atoms with Crippen molar-refractivity contribution in [2.75, 3.05) is 30.5 Å². The summed E-state index contributed by atoms with van der Waals surface area (Å²) >= 11 is 5.90. The van der Waals surface area contributed by atoms with Crippen LogP contribution < -0.4 is 19.7 Å². The molecule has 0 saturated carbocycles. The third-order valence-electron chi connectivity index (χ3n) is 4.22. The zero-order valence-corrected chi connectivity index (χ0v) is 15.8. The van der Waals surface area contributed by atoms with E-state index in [1.54, 1.807) is 54.5 Å². The van der Waals surface area contributed by atoms with E-state index < -0.39 is 0 Å². The Balaban J connectivity index is 1.56. The van der Waals surface area contributed by atoms with Gasteiger partial charge in [-0.25, -0.2) is 0 Å². The van der Waals surface area contributed by atoms with Crippen molar-refractivity contribution in [2.45, 2.75) is 19.3 Å². The second-order valence-electron chi connectivity index (χ2n) is 6.14. The second kappa shape index (κ2) is 8.77. The lowest BCUT2D eigenvalue weighted by Gasteiger charge is -2.19. The number of hydrogen-bond donors (Lipinski definition) is 1. The van der Waals surface area contributed by atoms with Gasteiger partial charge in [-0.15, -0.1) is 0 Å². The largest absolute Gasteiger partial charge is 0.494 e. The molecule has 1 N–H and O–H groups in total. The van der Waals surface area contributed by atoms with Crippen LogP contribution in [0.25, 0.3) is 0 Å². The Morgan fingerprint density at radius 1 is 1.26 bits per heavy atom. The maximum atomic E-state index is 12.1. The first-order valence-electron chi connectivity index (χ1n) is 8.73. The first-order chi connectivity index (χ1) is 13.1. The number of ether oxygens (including phenoxy) is 2. The fourth-order valence-corrected chi connectivity index (χ4v) is 3.10.